The molecule has 3 unspecified atom stereocenters. The largest absolute Gasteiger partial charge is 0.472 e. The zero-order chi connectivity index (χ0) is 45.7. The zero-order valence-electron chi connectivity index (χ0n) is 40.8. The second-order valence-electron chi connectivity index (χ2n) is 18.1. The number of hydrogen-bond acceptors (Lipinski definition) is 5. The number of phosphoric acid groups is 1. The first-order valence-corrected chi connectivity index (χ1v) is 26.8. The molecular formula is C53H98N2O6P+. The highest BCUT2D eigenvalue weighted by Crippen LogP contribution is 2.43. The van der Waals surface area contributed by atoms with Crippen LogP contribution in [0, 0.1) is 0 Å². The molecule has 0 radical (unpaired) electrons. The van der Waals surface area contributed by atoms with E-state index in [1.807, 2.05) is 27.2 Å². The highest BCUT2D eigenvalue weighted by Gasteiger charge is 2.27. The number of allylic oxidation sites excluding steroid dienone is 11. The normalized spacial score (nSPS) is 14.8. The molecule has 0 saturated carbocycles. The van der Waals surface area contributed by atoms with Gasteiger partial charge in [-0.2, -0.15) is 0 Å². The van der Waals surface area contributed by atoms with Crippen LogP contribution in [-0.4, -0.2) is 73.4 Å². The summed E-state index contributed by atoms with van der Waals surface area (Å²) in [6.07, 6.45) is 60.0. The van der Waals surface area contributed by atoms with Gasteiger partial charge in [-0.1, -0.05) is 196 Å². The molecule has 0 spiro atoms. The molecule has 0 heterocycles. The molecule has 9 heteroatoms. The van der Waals surface area contributed by atoms with Crippen molar-refractivity contribution >= 4 is 13.7 Å². The number of carbonyl (C=O) groups is 1. The first-order valence-electron chi connectivity index (χ1n) is 25.3. The van der Waals surface area contributed by atoms with Gasteiger partial charge in [-0.05, 0) is 77.0 Å². The molecule has 8 nitrogen and oxygen atoms in total. The summed E-state index contributed by atoms with van der Waals surface area (Å²) in [5.41, 5.74) is 0. The third-order valence-corrected chi connectivity index (χ3v) is 11.9. The summed E-state index contributed by atoms with van der Waals surface area (Å²) in [5, 5.41) is 13.8. The summed E-state index contributed by atoms with van der Waals surface area (Å²) in [6.45, 7) is 4.65. The maximum absolute atomic E-state index is 12.9. The van der Waals surface area contributed by atoms with E-state index in [2.05, 4.69) is 79.9 Å². The van der Waals surface area contributed by atoms with Gasteiger partial charge in [-0.3, -0.25) is 13.8 Å². The second kappa shape index (κ2) is 44.2. The Morgan fingerprint density at radius 3 is 1.48 bits per heavy atom. The summed E-state index contributed by atoms with van der Waals surface area (Å²) >= 11 is 0. The molecule has 0 aliphatic heterocycles. The number of likely N-dealkylation sites (N-methyl/N-ethyl adjacent to an activating group) is 1. The van der Waals surface area contributed by atoms with Crippen molar-refractivity contribution < 1.29 is 32.9 Å². The number of aliphatic hydroxyl groups excluding tert-OH is 1. The van der Waals surface area contributed by atoms with Gasteiger partial charge in [-0.15, -0.1) is 0 Å². The summed E-state index contributed by atoms with van der Waals surface area (Å²) < 4.78 is 23.6. The highest BCUT2D eigenvalue weighted by molar-refractivity contribution is 7.47. The Hall–Kier alpha value is -2.06. The lowest BCUT2D eigenvalue weighted by molar-refractivity contribution is -0.870. The van der Waals surface area contributed by atoms with Gasteiger partial charge >= 0.3 is 7.82 Å². The number of unbranched alkanes of at least 4 members (excludes halogenated alkanes) is 22. The Morgan fingerprint density at radius 2 is 0.984 bits per heavy atom. The fraction of sp³-hybridized carbons (Fsp3) is 0.755. The molecule has 0 aromatic rings. The molecule has 0 bridgehead atoms. The van der Waals surface area contributed by atoms with Crippen LogP contribution in [-0.2, 0) is 18.4 Å². The fourth-order valence-corrected chi connectivity index (χ4v) is 7.65. The molecule has 0 aliphatic rings. The van der Waals surface area contributed by atoms with Crippen molar-refractivity contribution in [2.24, 2.45) is 0 Å². The van der Waals surface area contributed by atoms with Gasteiger partial charge in [0.25, 0.3) is 0 Å². The third-order valence-electron chi connectivity index (χ3n) is 10.9. The number of amides is 1. The predicted octanol–water partition coefficient (Wildman–Crippen LogP) is 14.8. The maximum Gasteiger partial charge on any atom is 0.472 e. The predicted molar refractivity (Wildman–Crippen MR) is 267 cm³/mol. The summed E-state index contributed by atoms with van der Waals surface area (Å²) in [5.74, 6) is -0.210. The monoisotopic (exact) mass is 890 g/mol. The number of quaternary nitrogens is 1. The number of nitrogens with zero attached hydrogens (tertiary/aromatic N) is 1. The van der Waals surface area contributed by atoms with Crippen LogP contribution >= 0.6 is 7.82 Å². The van der Waals surface area contributed by atoms with E-state index in [0.717, 1.165) is 83.5 Å². The average molecular weight is 890 g/mol. The van der Waals surface area contributed by atoms with Crippen LogP contribution in [0.15, 0.2) is 72.9 Å². The van der Waals surface area contributed by atoms with E-state index in [9.17, 15) is 19.4 Å². The van der Waals surface area contributed by atoms with Gasteiger partial charge in [-0.25, -0.2) is 4.57 Å². The Labute approximate surface area is 383 Å². The number of hydrogen-bond donors (Lipinski definition) is 3. The molecule has 1 amide bonds. The van der Waals surface area contributed by atoms with Crippen molar-refractivity contribution in [3.05, 3.63) is 72.9 Å². The van der Waals surface area contributed by atoms with E-state index in [-0.39, 0.29) is 19.1 Å². The van der Waals surface area contributed by atoms with E-state index in [1.165, 1.54) is 103 Å². The van der Waals surface area contributed by atoms with Gasteiger partial charge in [0.15, 0.2) is 0 Å². The van der Waals surface area contributed by atoms with Crippen LogP contribution < -0.4 is 5.32 Å². The van der Waals surface area contributed by atoms with Gasteiger partial charge in [0, 0.05) is 6.42 Å². The fourth-order valence-electron chi connectivity index (χ4n) is 6.91. The Bertz CT molecular complexity index is 1240. The van der Waals surface area contributed by atoms with Crippen molar-refractivity contribution in [3.8, 4) is 0 Å². The number of rotatable bonds is 45. The lowest BCUT2D eigenvalue weighted by Gasteiger charge is -2.25. The van der Waals surface area contributed by atoms with Crippen LogP contribution in [0.2, 0.25) is 0 Å². The minimum absolute atomic E-state index is 0.0466. The third kappa shape index (κ3) is 45.9. The molecule has 0 aromatic carbocycles. The molecular weight excluding hydrogens is 792 g/mol. The van der Waals surface area contributed by atoms with Gasteiger partial charge in [0.05, 0.1) is 39.9 Å². The van der Waals surface area contributed by atoms with Crippen molar-refractivity contribution in [3.63, 3.8) is 0 Å². The molecule has 3 atom stereocenters. The van der Waals surface area contributed by atoms with Gasteiger partial charge in [0.2, 0.25) is 5.91 Å². The van der Waals surface area contributed by atoms with E-state index in [0.29, 0.717) is 17.4 Å². The molecule has 3 N–H and O–H groups in total. The molecule has 62 heavy (non-hydrogen) atoms. The lowest BCUT2D eigenvalue weighted by Crippen LogP contribution is -2.45. The standard InChI is InChI=1S/C53H97N2O6P/c1-6-8-10-12-14-16-18-20-22-23-24-25-26-27-28-29-30-31-33-34-36-38-40-42-44-46-52(56)51(50-61-62(58,59)60-49-48-55(3,4)5)54-53(57)47-45-43-41-39-37-35-32-21-19-17-15-13-11-9-7-2/h9,11,15,17,21,30-32,36,38,44,46,51-52,56H,6-8,10,12-14,16,18-20,22-29,33-35,37,39-43,45,47-50H2,1-5H3,(H-,54,57,58,59)/p+1/b11-9-,17-15-,31-30+,32-21-,38-36+,46-44+. The summed E-state index contributed by atoms with van der Waals surface area (Å²) in [7, 11) is 1.52. The van der Waals surface area contributed by atoms with Crippen LogP contribution in [0.4, 0.5) is 0 Å². The number of nitrogens with one attached hydrogen (secondary N) is 1. The molecule has 0 fully saturated rings. The van der Waals surface area contributed by atoms with Crippen LogP contribution in [0.5, 0.6) is 0 Å². The number of aliphatic hydroxyl groups is 1. The van der Waals surface area contributed by atoms with Crippen molar-refractivity contribution in [1.29, 1.82) is 0 Å². The van der Waals surface area contributed by atoms with Crippen molar-refractivity contribution in [2.45, 2.75) is 219 Å². The van der Waals surface area contributed by atoms with Crippen molar-refractivity contribution in [2.75, 3.05) is 40.9 Å². The lowest BCUT2D eigenvalue weighted by atomic mass is 10.0. The van der Waals surface area contributed by atoms with E-state index in [4.69, 9.17) is 9.05 Å². The molecule has 0 aliphatic carbocycles. The number of carbonyl (C=O) groups excluding carboxylic acids is 1. The number of phosphoric ester groups is 1. The van der Waals surface area contributed by atoms with Crippen molar-refractivity contribution in [1.82, 2.24) is 5.32 Å². The topological polar surface area (TPSA) is 105 Å². The maximum atomic E-state index is 12.9. The minimum Gasteiger partial charge on any atom is -0.387 e. The highest BCUT2D eigenvalue weighted by atomic mass is 31.2. The Kier molecular flexibility index (Phi) is 42.7. The zero-order valence-corrected chi connectivity index (χ0v) is 41.7. The van der Waals surface area contributed by atoms with E-state index in [1.54, 1.807) is 6.08 Å². The summed E-state index contributed by atoms with van der Waals surface area (Å²) in [6, 6.07) is -0.882. The van der Waals surface area contributed by atoms with Crippen LogP contribution in [0.3, 0.4) is 0 Å². The van der Waals surface area contributed by atoms with Crippen LogP contribution in [0.1, 0.15) is 206 Å². The van der Waals surface area contributed by atoms with E-state index >= 15 is 0 Å². The Balaban J connectivity index is 4.39. The van der Waals surface area contributed by atoms with Gasteiger partial charge < -0.3 is 19.8 Å². The van der Waals surface area contributed by atoms with E-state index < -0.39 is 20.0 Å². The molecule has 0 rings (SSSR count). The SMILES string of the molecule is CC/C=C\C/C=C\C/C=C\CCCCCCCC(=O)NC(COP(=O)(O)OCC[N+](C)(C)C)C(O)/C=C/CC/C=C/CC/C=C/CCCCCCCCCCCCCCCCC. The molecule has 360 valence electrons. The van der Waals surface area contributed by atoms with Crippen LogP contribution in [0.25, 0.3) is 0 Å². The smallest absolute Gasteiger partial charge is 0.387 e. The minimum atomic E-state index is -4.36. The summed E-state index contributed by atoms with van der Waals surface area (Å²) in [4.78, 5) is 23.2. The second-order valence-corrected chi connectivity index (χ2v) is 19.6. The first-order chi connectivity index (χ1) is 30.0. The molecule has 0 aromatic heterocycles. The van der Waals surface area contributed by atoms with Gasteiger partial charge in [0.1, 0.15) is 13.2 Å². The first kappa shape index (κ1) is 59.9. The average Bonchev–Trinajstić information content (AvgIpc) is 3.23. The molecule has 0 saturated heterocycles. The Morgan fingerprint density at radius 1 is 0.565 bits per heavy atom. The quantitative estimate of drug-likeness (QED) is 0.0243.